The topological polar surface area (TPSA) is 47.8 Å². The molecule has 0 saturated heterocycles. The molecule has 0 radical (unpaired) electrons. The van der Waals surface area contributed by atoms with E-state index < -0.39 is 0 Å². The number of Topliss-reactive ketones (excluding diaryl/α,β-unsaturated/α-hetero) is 1. The second kappa shape index (κ2) is 3.80. The van der Waals surface area contributed by atoms with E-state index in [1.165, 1.54) is 5.56 Å². The highest BCUT2D eigenvalue weighted by Gasteiger charge is 2.22. The Kier molecular flexibility index (Phi) is 2.28. The zero-order valence-electron chi connectivity index (χ0n) is 9.68. The fourth-order valence-corrected chi connectivity index (χ4v) is 2.05. The molecule has 0 atom stereocenters. The van der Waals surface area contributed by atoms with Gasteiger partial charge in [-0.25, -0.2) is 0 Å². The molecule has 0 fully saturated rings. The van der Waals surface area contributed by atoms with E-state index in [-0.39, 0.29) is 5.78 Å². The Morgan fingerprint density at radius 2 is 1.88 bits per heavy atom. The van der Waals surface area contributed by atoms with Crippen LogP contribution in [0.1, 0.15) is 34.6 Å². The standard InChI is InChI=1S/C13H13N3O/c1-9-5-7-10(8-6-9)16-14-11-3-2-4-12(17)13(11)15-16/h5-8H,2-4H2,1H3. The molecular formula is C13H13N3O. The molecule has 0 N–H and O–H groups in total. The van der Waals surface area contributed by atoms with Crippen LogP contribution in [-0.2, 0) is 6.42 Å². The molecule has 4 nitrogen and oxygen atoms in total. The largest absolute Gasteiger partial charge is 0.292 e. The molecule has 4 heteroatoms. The Morgan fingerprint density at radius 1 is 1.12 bits per heavy atom. The third-order valence-electron chi connectivity index (χ3n) is 3.03. The molecule has 1 heterocycles. The van der Waals surface area contributed by atoms with E-state index in [1.54, 1.807) is 4.80 Å². The van der Waals surface area contributed by atoms with Crippen molar-refractivity contribution in [1.82, 2.24) is 15.0 Å². The van der Waals surface area contributed by atoms with Crippen molar-refractivity contribution in [2.24, 2.45) is 0 Å². The molecule has 1 aromatic heterocycles. The fraction of sp³-hybridized carbons (Fsp3) is 0.308. The Hall–Kier alpha value is -1.97. The number of fused-ring (bicyclic) bond motifs is 1. The van der Waals surface area contributed by atoms with Gasteiger partial charge < -0.3 is 0 Å². The van der Waals surface area contributed by atoms with Crippen LogP contribution in [0.3, 0.4) is 0 Å². The van der Waals surface area contributed by atoms with E-state index in [1.807, 2.05) is 31.2 Å². The molecule has 2 aromatic rings. The zero-order chi connectivity index (χ0) is 11.8. The minimum absolute atomic E-state index is 0.115. The zero-order valence-corrected chi connectivity index (χ0v) is 9.68. The monoisotopic (exact) mass is 227 g/mol. The van der Waals surface area contributed by atoms with Crippen LogP contribution in [0.25, 0.3) is 5.69 Å². The van der Waals surface area contributed by atoms with Gasteiger partial charge in [0.15, 0.2) is 11.5 Å². The van der Waals surface area contributed by atoms with Crippen molar-refractivity contribution in [2.45, 2.75) is 26.2 Å². The minimum Gasteiger partial charge on any atom is -0.292 e. The minimum atomic E-state index is 0.115. The number of aromatic nitrogens is 3. The molecule has 0 bridgehead atoms. The summed E-state index contributed by atoms with van der Waals surface area (Å²) in [5.74, 6) is 0.115. The Labute approximate surface area is 99.3 Å². The number of hydrogen-bond acceptors (Lipinski definition) is 3. The maximum atomic E-state index is 11.7. The van der Waals surface area contributed by atoms with Gasteiger partial charge in [0.2, 0.25) is 0 Å². The molecule has 0 unspecified atom stereocenters. The summed E-state index contributed by atoms with van der Waals surface area (Å²) in [6, 6.07) is 7.95. The average Bonchev–Trinajstić information content (AvgIpc) is 2.75. The lowest BCUT2D eigenvalue weighted by Crippen LogP contribution is -2.10. The van der Waals surface area contributed by atoms with Gasteiger partial charge in [-0.05, 0) is 31.9 Å². The highest BCUT2D eigenvalue weighted by molar-refractivity contribution is 5.96. The maximum Gasteiger partial charge on any atom is 0.185 e. The summed E-state index contributed by atoms with van der Waals surface area (Å²) in [4.78, 5) is 13.2. The summed E-state index contributed by atoms with van der Waals surface area (Å²) in [5.41, 5.74) is 3.48. The van der Waals surface area contributed by atoms with Gasteiger partial charge in [-0.2, -0.15) is 9.90 Å². The van der Waals surface area contributed by atoms with E-state index in [0.717, 1.165) is 24.2 Å². The van der Waals surface area contributed by atoms with Crippen LogP contribution >= 0.6 is 0 Å². The summed E-state index contributed by atoms with van der Waals surface area (Å²) in [5, 5.41) is 8.67. The molecular weight excluding hydrogens is 214 g/mol. The number of benzene rings is 1. The number of rotatable bonds is 1. The summed E-state index contributed by atoms with van der Waals surface area (Å²) in [6.45, 7) is 2.04. The van der Waals surface area contributed by atoms with Crippen molar-refractivity contribution >= 4 is 5.78 Å². The van der Waals surface area contributed by atoms with E-state index in [2.05, 4.69) is 10.2 Å². The second-order valence-corrected chi connectivity index (χ2v) is 4.40. The summed E-state index contributed by atoms with van der Waals surface area (Å²) in [6.07, 6.45) is 2.34. The molecule has 1 aliphatic rings. The van der Waals surface area contributed by atoms with Gasteiger partial charge in [0.1, 0.15) is 0 Å². The Morgan fingerprint density at radius 3 is 2.59 bits per heavy atom. The van der Waals surface area contributed by atoms with Crippen molar-refractivity contribution in [3.63, 3.8) is 0 Å². The van der Waals surface area contributed by atoms with Crippen LogP contribution in [0.2, 0.25) is 0 Å². The van der Waals surface area contributed by atoms with Gasteiger partial charge >= 0.3 is 0 Å². The Balaban J connectivity index is 2.05. The van der Waals surface area contributed by atoms with Crippen LogP contribution in [0.5, 0.6) is 0 Å². The van der Waals surface area contributed by atoms with Gasteiger partial charge in [0, 0.05) is 6.42 Å². The van der Waals surface area contributed by atoms with Crippen LogP contribution in [0.15, 0.2) is 24.3 Å². The number of ketones is 1. The molecule has 0 amide bonds. The van der Waals surface area contributed by atoms with Gasteiger partial charge in [0.25, 0.3) is 0 Å². The van der Waals surface area contributed by atoms with E-state index in [0.29, 0.717) is 12.1 Å². The van der Waals surface area contributed by atoms with E-state index in [9.17, 15) is 4.79 Å². The molecule has 1 aromatic carbocycles. The lowest BCUT2D eigenvalue weighted by molar-refractivity contribution is 0.0967. The molecule has 0 aliphatic heterocycles. The highest BCUT2D eigenvalue weighted by Crippen LogP contribution is 2.18. The molecule has 0 saturated carbocycles. The molecule has 0 spiro atoms. The van der Waals surface area contributed by atoms with Crippen LogP contribution in [-0.4, -0.2) is 20.8 Å². The number of aryl methyl sites for hydroxylation is 2. The van der Waals surface area contributed by atoms with Gasteiger partial charge in [0.05, 0.1) is 11.4 Å². The molecule has 1 aliphatic carbocycles. The van der Waals surface area contributed by atoms with E-state index >= 15 is 0 Å². The van der Waals surface area contributed by atoms with Crippen LogP contribution in [0.4, 0.5) is 0 Å². The summed E-state index contributed by atoms with van der Waals surface area (Å²) >= 11 is 0. The SMILES string of the molecule is Cc1ccc(-n2nc3c(n2)C(=O)CCC3)cc1. The first kappa shape index (κ1) is 10.2. The van der Waals surface area contributed by atoms with Crippen molar-refractivity contribution in [2.75, 3.05) is 0 Å². The lowest BCUT2D eigenvalue weighted by Gasteiger charge is -2.04. The van der Waals surface area contributed by atoms with Crippen LogP contribution < -0.4 is 0 Å². The van der Waals surface area contributed by atoms with Crippen molar-refractivity contribution in [3.05, 3.63) is 41.2 Å². The smallest absolute Gasteiger partial charge is 0.185 e. The van der Waals surface area contributed by atoms with E-state index in [4.69, 9.17) is 0 Å². The number of nitrogens with zero attached hydrogens (tertiary/aromatic N) is 3. The van der Waals surface area contributed by atoms with Gasteiger partial charge in [-0.15, -0.1) is 5.10 Å². The molecule has 86 valence electrons. The first-order chi connectivity index (χ1) is 8.24. The van der Waals surface area contributed by atoms with Crippen molar-refractivity contribution in [1.29, 1.82) is 0 Å². The van der Waals surface area contributed by atoms with Gasteiger partial charge in [-0.3, -0.25) is 4.79 Å². The van der Waals surface area contributed by atoms with Gasteiger partial charge in [-0.1, -0.05) is 17.7 Å². The first-order valence-electron chi connectivity index (χ1n) is 5.80. The summed E-state index contributed by atoms with van der Waals surface area (Å²) < 4.78 is 0. The molecule has 3 rings (SSSR count). The van der Waals surface area contributed by atoms with Crippen molar-refractivity contribution in [3.8, 4) is 5.69 Å². The number of carbonyl (C=O) groups is 1. The number of carbonyl (C=O) groups excluding carboxylic acids is 1. The fourth-order valence-electron chi connectivity index (χ4n) is 2.05. The average molecular weight is 227 g/mol. The number of hydrogen-bond donors (Lipinski definition) is 0. The summed E-state index contributed by atoms with van der Waals surface area (Å²) in [7, 11) is 0. The first-order valence-corrected chi connectivity index (χ1v) is 5.80. The molecule has 17 heavy (non-hydrogen) atoms. The Bertz CT molecular complexity index is 569. The third-order valence-corrected chi connectivity index (χ3v) is 3.03. The predicted molar refractivity (Wildman–Crippen MR) is 63.4 cm³/mol. The highest BCUT2D eigenvalue weighted by atomic mass is 16.1. The predicted octanol–water partition coefficient (Wildman–Crippen LogP) is 2.09. The maximum absolute atomic E-state index is 11.7. The van der Waals surface area contributed by atoms with Crippen LogP contribution in [0, 0.1) is 6.92 Å². The quantitative estimate of drug-likeness (QED) is 0.749. The lowest BCUT2D eigenvalue weighted by atomic mass is 10.0. The third kappa shape index (κ3) is 1.75. The normalized spacial score (nSPS) is 14.8. The second-order valence-electron chi connectivity index (χ2n) is 4.40. The van der Waals surface area contributed by atoms with Crippen molar-refractivity contribution < 1.29 is 4.79 Å².